The van der Waals surface area contributed by atoms with Gasteiger partial charge in [-0.15, -0.1) is 0 Å². The second kappa shape index (κ2) is 7.65. The average molecular weight is 276 g/mol. The van der Waals surface area contributed by atoms with Crippen LogP contribution in [-0.4, -0.2) is 38.2 Å². The van der Waals surface area contributed by atoms with Crippen LogP contribution in [0.3, 0.4) is 0 Å². The molecule has 0 bridgehead atoms. The highest BCUT2D eigenvalue weighted by molar-refractivity contribution is 5.36. The van der Waals surface area contributed by atoms with E-state index in [1.807, 2.05) is 6.07 Å². The van der Waals surface area contributed by atoms with Crippen LogP contribution in [0.15, 0.2) is 24.3 Å². The number of hydrogen-bond acceptors (Lipinski definition) is 3. The van der Waals surface area contributed by atoms with E-state index in [4.69, 9.17) is 4.74 Å². The summed E-state index contributed by atoms with van der Waals surface area (Å²) in [5, 5.41) is 3.67. The highest BCUT2D eigenvalue weighted by atomic mass is 16.5. The molecule has 20 heavy (non-hydrogen) atoms. The first kappa shape index (κ1) is 15.3. The van der Waals surface area contributed by atoms with Crippen molar-refractivity contribution in [2.24, 2.45) is 0 Å². The SMILES string of the molecule is CCCNC(CN(C)C1CCC1)c1ccccc1OC. The first-order chi connectivity index (χ1) is 9.76. The third kappa shape index (κ3) is 3.74. The standard InChI is InChI=1S/C17H28N2O/c1-4-12-18-16(13-19(2)14-8-7-9-14)15-10-5-6-11-17(15)20-3/h5-6,10-11,14,16,18H,4,7-9,12-13H2,1-3H3. The maximum atomic E-state index is 5.53. The normalized spacial score (nSPS) is 17.0. The molecule has 3 heteroatoms. The molecule has 0 aliphatic heterocycles. The number of methoxy groups -OCH3 is 1. The lowest BCUT2D eigenvalue weighted by atomic mass is 9.91. The van der Waals surface area contributed by atoms with Gasteiger partial charge in [0, 0.05) is 24.2 Å². The third-order valence-electron chi connectivity index (χ3n) is 4.32. The Kier molecular flexibility index (Phi) is 5.86. The molecule has 1 unspecified atom stereocenters. The summed E-state index contributed by atoms with van der Waals surface area (Å²) in [6.45, 7) is 4.30. The van der Waals surface area contributed by atoms with Crippen molar-refractivity contribution in [3.8, 4) is 5.75 Å². The Morgan fingerprint density at radius 3 is 2.70 bits per heavy atom. The molecule has 0 amide bonds. The van der Waals surface area contributed by atoms with Gasteiger partial charge in [-0.1, -0.05) is 31.5 Å². The van der Waals surface area contributed by atoms with E-state index in [-0.39, 0.29) is 0 Å². The highest BCUT2D eigenvalue weighted by Crippen LogP contribution is 2.29. The average Bonchev–Trinajstić information content (AvgIpc) is 2.41. The van der Waals surface area contributed by atoms with Gasteiger partial charge in [0.05, 0.1) is 7.11 Å². The van der Waals surface area contributed by atoms with Crippen LogP contribution in [0.4, 0.5) is 0 Å². The zero-order valence-corrected chi connectivity index (χ0v) is 13.1. The quantitative estimate of drug-likeness (QED) is 0.789. The Labute approximate surface area is 123 Å². The molecule has 112 valence electrons. The molecule has 3 nitrogen and oxygen atoms in total. The lowest BCUT2D eigenvalue weighted by molar-refractivity contribution is 0.144. The minimum atomic E-state index is 0.344. The van der Waals surface area contributed by atoms with Crippen LogP contribution in [0, 0.1) is 0 Å². The summed E-state index contributed by atoms with van der Waals surface area (Å²) in [6, 6.07) is 9.49. The van der Waals surface area contributed by atoms with Crippen LogP contribution in [0.2, 0.25) is 0 Å². The first-order valence-electron chi connectivity index (χ1n) is 7.82. The number of benzene rings is 1. The van der Waals surface area contributed by atoms with Crippen LogP contribution in [0.1, 0.15) is 44.2 Å². The third-order valence-corrected chi connectivity index (χ3v) is 4.32. The Morgan fingerprint density at radius 2 is 2.10 bits per heavy atom. The van der Waals surface area contributed by atoms with Gasteiger partial charge in [-0.05, 0) is 38.9 Å². The Morgan fingerprint density at radius 1 is 1.35 bits per heavy atom. The van der Waals surface area contributed by atoms with Crippen LogP contribution in [0.5, 0.6) is 5.75 Å². The number of para-hydroxylation sites is 1. The van der Waals surface area contributed by atoms with Gasteiger partial charge in [0.25, 0.3) is 0 Å². The predicted molar refractivity (Wildman–Crippen MR) is 84.3 cm³/mol. The number of nitrogens with zero attached hydrogens (tertiary/aromatic N) is 1. The van der Waals surface area contributed by atoms with E-state index in [1.54, 1.807) is 7.11 Å². The molecule has 0 aromatic heterocycles. The van der Waals surface area contributed by atoms with E-state index in [9.17, 15) is 0 Å². The molecule has 0 saturated heterocycles. The Hall–Kier alpha value is -1.06. The van der Waals surface area contributed by atoms with Crippen molar-refractivity contribution >= 4 is 0 Å². The lowest BCUT2D eigenvalue weighted by Crippen LogP contribution is -2.42. The lowest BCUT2D eigenvalue weighted by Gasteiger charge is -2.37. The fraction of sp³-hybridized carbons (Fsp3) is 0.647. The van der Waals surface area contributed by atoms with Crippen molar-refractivity contribution in [3.63, 3.8) is 0 Å². The maximum absolute atomic E-state index is 5.53. The first-order valence-corrected chi connectivity index (χ1v) is 7.82. The minimum absolute atomic E-state index is 0.344. The molecular formula is C17H28N2O. The van der Waals surface area contributed by atoms with E-state index in [0.29, 0.717) is 6.04 Å². The molecule has 0 heterocycles. The Bertz CT molecular complexity index is 404. The topological polar surface area (TPSA) is 24.5 Å². The van der Waals surface area contributed by atoms with Gasteiger partial charge < -0.3 is 15.0 Å². The minimum Gasteiger partial charge on any atom is -0.496 e. The van der Waals surface area contributed by atoms with Gasteiger partial charge in [0.1, 0.15) is 5.75 Å². The summed E-state index contributed by atoms with van der Waals surface area (Å²) in [4.78, 5) is 2.50. The van der Waals surface area contributed by atoms with Gasteiger partial charge >= 0.3 is 0 Å². The van der Waals surface area contributed by atoms with Gasteiger partial charge in [-0.2, -0.15) is 0 Å². The van der Waals surface area contributed by atoms with Gasteiger partial charge in [-0.3, -0.25) is 0 Å². The number of rotatable bonds is 8. The van der Waals surface area contributed by atoms with Crippen LogP contribution in [-0.2, 0) is 0 Å². The maximum Gasteiger partial charge on any atom is 0.123 e. The Balaban J connectivity index is 2.08. The smallest absolute Gasteiger partial charge is 0.123 e. The van der Waals surface area contributed by atoms with E-state index in [0.717, 1.165) is 31.3 Å². The van der Waals surface area contributed by atoms with Gasteiger partial charge in [0.2, 0.25) is 0 Å². The fourth-order valence-corrected chi connectivity index (χ4v) is 2.81. The highest BCUT2D eigenvalue weighted by Gasteiger charge is 2.25. The van der Waals surface area contributed by atoms with Crippen LogP contribution >= 0.6 is 0 Å². The van der Waals surface area contributed by atoms with Gasteiger partial charge in [0.15, 0.2) is 0 Å². The fourth-order valence-electron chi connectivity index (χ4n) is 2.81. The summed E-state index contributed by atoms with van der Waals surface area (Å²) in [6.07, 6.45) is 5.24. The predicted octanol–water partition coefficient (Wildman–Crippen LogP) is 3.22. The molecule has 2 rings (SSSR count). The molecule has 0 spiro atoms. The number of hydrogen-bond donors (Lipinski definition) is 1. The van der Waals surface area contributed by atoms with E-state index >= 15 is 0 Å². The number of nitrogens with one attached hydrogen (secondary N) is 1. The number of likely N-dealkylation sites (N-methyl/N-ethyl adjacent to an activating group) is 1. The van der Waals surface area contributed by atoms with Crippen molar-refractivity contribution in [1.82, 2.24) is 10.2 Å². The molecule has 1 aliphatic rings. The van der Waals surface area contributed by atoms with Crippen molar-refractivity contribution < 1.29 is 4.74 Å². The molecule has 1 atom stereocenters. The van der Waals surface area contributed by atoms with Crippen molar-refractivity contribution in [3.05, 3.63) is 29.8 Å². The second-order valence-corrected chi connectivity index (χ2v) is 5.77. The van der Waals surface area contributed by atoms with E-state index in [1.165, 1.54) is 24.8 Å². The molecule has 1 saturated carbocycles. The van der Waals surface area contributed by atoms with Crippen molar-refractivity contribution in [2.75, 3.05) is 27.2 Å². The van der Waals surface area contributed by atoms with Crippen LogP contribution < -0.4 is 10.1 Å². The van der Waals surface area contributed by atoms with Crippen molar-refractivity contribution in [2.45, 2.75) is 44.7 Å². The second-order valence-electron chi connectivity index (χ2n) is 5.77. The molecular weight excluding hydrogens is 248 g/mol. The molecule has 0 radical (unpaired) electrons. The van der Waals surface area contributed by atoms with Gasteiger partial charge in [-0.25, -0.2) is 0 Å². The van der Waals surface area contributed by atoms with Crippen LogP contribution in [0.25, 0.3) is 0 Å². The summed E-state index contributed by atoms with van der Waals surface area (Å²) in [5.41, 5.74) is 1.27. The summed E-state index contributed by atoms with van der Waals surface area (Å²) in [5.74, 6) is 0.989. The zero-order chi connectivity index (χ0) is 14.4. The molecule has 1 aromatic rings. The summed E-state index contributed by atoms with van der Waals surface area (Å²) in [7, 11) is 4.01. The van der Waals surface area contributed by atoms with Crippen molar-refractivity contribution in [1.29, 1.82) is 0 Å². The summed E-state index contributed by atoms with van der Waals surface area (Å²) < 4.78 is 5.53. The monoisotopic (exact) mass is 276 g/mol. The van der Waals surface area contributed by atoms with E-state index < -0.39 is 0 Å². The zero-order valence-electron chi connectivity index (χ0n) is 13.1. The van der Waals surface area contributed by atoms with E-state index in [2.05, 4.69) is 42.4 Å². The largest absolute Gasteiger partial charge is 0.496 e. The molecule has 1 aliphatic carbocycles. The molecule has 1 fully saturated rings. The molecule has 1 aromatic carbocycles. The molecule has 1 N–H and O–H groups in total. The number of ether oxygens (including phenoxy) is 1. The summed E-state index contributed by atoms with van der Waals surface area (Å²) >= 11 is 0.